The normalized spacial score (nSPS) is 11.4. The van der Waals surface area contributed by atoms with Gasteiger partial charge in [-0.05, 0) is 30.2 Å². The van der Waals surface area contributed by atoms with Gasteiger partial charge in [-0.1, -0.05) is 31.8 Å². The van der Waals surface area contributed by atoms with Crippen molar-refractivity contribution >= 4 is 8.03 Å². The summed E-state index contributed by atoms with van der Waals surface area (Å²) < 4.78 is 10.3. The minimum Gasteiger partial charge on any atom is -0.161 e. The number of hydrogen-bond acceptors (Lipinski definition) is 1. The Hall–Kier alpha value is -0.200. The zero-order valence-electron chi connectivity index (χ0n) is 8.95. The molecule has 2 nitrogen and oxygen atoms in total. The molecule has 0 heterocycles. The van der Waals surface area contributed by atoms with Gasteiger partial charge in [-0.15, -0.1) is 6.58 Å². The van der Waals surface area contributed by atoms with E-state index in [2.05, 4.69) is 6.58 Å². The molecular weight excluding hydrogens is 195 g/mol. The third-order valence-corrected chi connectivity index (χ3v) is 2.96. The fourth-order valence-corrected chi connectivity index (χ4v) is 1.91. The predicted octanol–water partition coefficient (Wildman–Crippen LogP) is 4.03. The summed E-state index contributed by atoms with van der Waals surface area (Å²) in [4.78, 5) is 8.55. The molecule has 0 aliphatic rings. The second kappa shape index (κ2) is 10.9. The molecule has 0 aliphatic carbocycles. The topological polar surface area (TPSA) is 37.3 Å². The molecule has 0 amide bonds. The van der Waals surface area contributed by atoms with Gasteiger partial charge in [-0.3, -0.25) is 0 Å². The first-order valence-electron chi connectivity index (χ1n) is 5.52. The molecule has 0 bridgehead atoms. The number of allylic oxidation sites excluding steroid dienone is 1. The SMILES string of the molecule is C=CCCCCCCCCC[P+](=O)O. The number of rotatable bonds is 10. The maximum atomic E-state index is 10.3. The van der Waals surface area contributed by atoms with E-state index in [1.165, 1.54) is 32.1 Å². The highest BCUT2D eigenvalue weighted by atomic mass is 31.1. The first-order valence-corrected chi connectivity index (χ1v) is 6.91. The second-order valence-corrected chi connectivity index (χ2v) is 4.78. The maximum absolute atomic E-state index is 10.3. The summed E-state index contributed by atoms with van der Waals surface area (Å²) >= 11 is 0. The highest BCUT2D eigenvalue weighted by molar-refractivity contribution is 7.37. The first kappa shape index (κ1) is 13.8. The first-order chi connectivity index (χ1) is 6.77. The van der Waals surface area contributed by atoms with E-state index in [1.807, 2.05) is 6.08 Å². The molecule has 14 heavy (non-hydrogen) atoms. The van der Waals surface area contributed by atoms with Crippen molar-refractivity contribution < 1.29 is 9.46 Å². The molecule has 0 spiro atoms. The van der Waals surface area contributed by atoms with E-state index in [4.69, 9.17) is 4.89 Å². The van der Waals surface area contributed by atoms with Crippen molar-refractivity contribution in [2.45, 2.75) is 51.4 Å². The Morgan fingerprint density at radius 1 is 1.00 bits per heavy atom. The highest BCUT2D eigenvalue weighted by Crippen LogP contribution is 2.16. The Kier molecular flexibility index (Phi) is 10.7. The van der Waals surface area contributed by atoms with Crippen LogP contribution in [-0.2, 0) is 4.57 Å². The van der Waals surface area contributed by atoms with Crippen LogP contribution in [0.2, 0.25) is 0 Å². The van der Waals surface area contributed by atoms with Gasteiger partial charge in [0.2, 0.25) is 0 Å². The summed E-state index contributed by atoms with van der Waals surface area (Å²) in [6, 6.07) is 0. The van der Waals surface area contributed by atoms with E-state index in [9.17, 15) is 4.57 Å². The van der Waals surface area contributed by atoms with Gasteiger partial charge in [0.25, 0.3) is 0 Å². The lowest BCUT2D eigenvalue weighted by atomic mass is 10.1. The molecule has 0 aliphatic heterocycles. The summed E-state index contributed by atoms with van der Waals surface area (Å²) in [5, 5.41) is 0. The van der Waals surface area contributed by atoms with Crippen molar-refractivity contribution in [2.24, 2.45) is 0 Å². The summed E-state index contributed by atoms with van der Waals surface area (Å²) in [5.74, 6) is 0. The molecule has 3 heteroatoms. The fourth-order valence-electron chi connectivity index (χ4n) is 1.42. The minimum atomic E-state index is -1.89. The standard InChI is InChI=1S/C11H21O2P/c1-2-3-4-5-6-7-8-9-10-11-14(12)13/h2H,1,3-11H2/p+1. The zero-order valence-corrected chi connectivity index (χ0v) is 9.85. The van der Waals surface area contributed by atoms with Crippen LogP contribution in [0.4, 0.5) is 0 Å². The van der Waals surface area contributed by atoms with Crippen molar-refractivity contribution in [1.29, 1.82) is 0 Å². The Morgan fingerprint density at radius 2 is 1.50 bits per heavy atom. The molecule has 1 N–H and O–H groups in total. The van der Waals surface area contributed by atoms with E-state index < -0.39 is 8.03 Å². The Labute approximate surface area is 88.3 Å². The van der Waals surface area contributed by atoms with Crippen LogP contribution in [0.5, 0.6) is 0 Å². The molecule has 1 unspecified atom stereocenters. The molecule has 0 rings (SSSR count). The van der Waals surface area contributed by atoms with Crippen LogP contribution in [0, 0.1) is 0 Å². The van der Waals surface area contributed by atoms with E-state index in [0.717, 1.165) is 19.3 Å². The Morgan fingerprint density at radius 3 is 2.00 bits per heavy atom. The van der Waals surface area contributed by atoms with Crippen LogP contribution in [-0.4, -0.2) is 11.1 Å². The number of unbranched alkanes of at least 4 members (excludes halogenated alkanes) is 7. The Balaban J connectivity index is 2.92. The fraction of sp³-hybridized carbons (Fsp3) is 0.818. The van der Waals surface area contributed by atoms with E-state index in [0.29, 0.717) is 6.16 Å². The largest absolute Gasteiger partial charge is 0.505 e. The van der Waals surface area contributed by atoms with Crippen LogP contribution in [0.25, 0.3) is 0 Å². The molecule has 1 atom stereocenters. The molecule has 0 aromatic heterocycles. The molecular formula is C11H22O2P+. The van der Waals surface area contributed by atoms with Gasteiger partial charge in [-0.25, -0.2) is 0 Å². The molecule has 0 aromatic rings. The van der Waals surface area contributed by atoms with E-state index >= 15 is 0 Å². The lowest BCUT2D eigenvalue weighted by molar-refractivity contribution is 0.498. The van der Waals surface area contributed by atoms with Gasteiger partial charge in [0.05, 0.1) is 0 Å². The van der Waals surface area contributed by atoms with E-state index in [-0.39, 0.29) is 0 Å². The van der Waals surface area contributed by atoms with Gasteiger partial charge in [0, 0.05) is 0 Å². The van der Waals surface area contributed by atoms with Gasteiger partial charge in [0.15, 0.2) is 6.16 Å². The molecule has 82 valence electrons. The summed E-state index contributed by atoms with van der Waals surface area (Å²) in [5.41, 5.74) is 0. The number of hydrogen-bond donors (Lipinski definition) is 1. The van der Waals surface area contributed by atoms with Crippen LogP contribution in [0.3, 0.4) is 0 Å². The highest BCUT2D eigenvalue weighted by Gasteiger charge is 2.07. The lowest BCUT2D eigenvalue weighted by Crippen LogP contribution is -1.82. The summed E-state index contributed by atoms with van der Waals surface area (Å²) in [6.45, 7) is 3.68. The van der Waals surface area contributed by atoms with Gasteiger partial charge < -0.3 is 0 Å². The van der Waals surface area contributed by atoms with Crippen molar-refractivity contribution in [3.63, 3.8) is 0 Å². The monoisotopic (exact) mass is 217 g/mol. The van der Waals surface area contributed by atoms with Crippen molar-refractivity contribution in [2.75, 3.05) is 6.16 Å². The average molecular weight is 217 g/mol. The van der Waals surface area contributed by atoms with Gasteiger partial charge >= 0.3 is 8.03 Å². The second-order valence-electron chi connectivity index (χ2n) is 3.63. The zero-order chi connectivity index (χ0) is 10.6. The molecule has 0 saturated carbocycles. The molecule has 0 fully saturated rings. The van der Waals surface area contributed by atoms with Gasteiger partial charge in [-0.2, -0.15) is 4.89 Å². The van der Waals surface area contributed by atoms with Gasteiger partial charge in [0.1, 0.15) is 0 Å². The van der Waals surface area contributed by atoms with Crippen LogP contribution < -0.4 is 0 Å². The van der Waals surface area contributed by atoms with Crippen LogP contribution in [0.15, 0.2) is 12.7 Å². The quantitative estimate of drug-likeness (QED) is 0.341. The average Bonchev–Trinajstić information content (AvgIpc) is 2.15. The van der Waals surface area contributed by atoms with Crippen LogP contribution >= 0.6 is 8.03 Å². The smallest absolute Gasteiger partial charge is 0.161 e. The maximum Gasteiger partial charge on any atom is 0.505 e. The van der Waals surface area contributed by atoms with Crippen molar-refractivity contribution in [3.8, 4) is 0 Å². The molecule has 0 saturated heterocycles. The minimum absolute atomic E-state index is 0.478. The molecule has 0 aromatic carbocycles. The molecule has 0 radical (unpaired) electrons. The van der Waals surface area contributed by atoms with Crippen molar-refractivity contribution in [1.82, 2.24) is 0 Å². The predicted molar refractivity (Wildman–Crippen MR) is 61.8 cm³/mol. The van der Waals surface area contributed by atoms with Crippen molar-refractivity contribution in [3.05, 3.63) is 12.7 Å². The third-order valence-electron chi connectivity index (χ3n) is 2.26. The third kappa shape index (κ3) is 11.8. The summed E-state index contributed by atoms with van der Waals surface area (Å²) in [7, 11) is -1.89. The summed E-state index contributed by atoms with van der Waals surface area (Å²) in [6.07, 6.45) is 11.9. The van der Waals surface area contributed by atoms with Crippen LogP contribution in [0.1, 0.15) is 51.4 Å². The lowest BCUT2D eigenvalue weighted by Gasteiger charge is -1.98. The van der Waals surface area contributed by atoms with E-state index in [1.54, 1.807) is 0 Å². The Bertz CT molecular complexity index is 157.